The maximum atomic E-state index is 12.4. The van der Waals surface area contributed by atoms with Gasteiger partial charge in [0.2, 0.25) is 11.5 Å². The van der Waals surface area contributed by atoms with Crippen LogP contribution in [0.2, 0.25) is 0 Å². The number of aliphatic hydroxyl groups is 1. The number of nitriles is 1. The lowest BCUT2D eigenvalue weighted by molar-refractivity contribution is -0.129. The Morgan fingerprint density at radius 1 is 1.26 bits per heavy atom. The van der Waals surface area contributed by atoms with Crippen LogP contribution in [-0.4, -0.2) is 46.7 Å². The zero-order valence-corrected chi connectivity index (χ0v) is 19.3. The van der Waals surface area contributed by atoms with Crippen molar-refractivity contribution in [1.82, 2.24) is 15.6 Å². The largest absolute Gasteiger partial charge is 0.369 e. The van der Waals surface area contributed by atoms with Crippen molar-refractivity contribution in [3.63, 3.8) is 0 Å². The highest BCUT2D eigenvalue weighted by molar-refractivity contribution is 7.86. The Morgan fingerprint density at radius 3 is 2.59 bits per heavy atom. The lowest BCUT2D eigenvalue weighted by Gasteiger charge is -2.29. The maximum Gasteiger partial charge on any atom is 0.296 e. The van der Waals surface area contributed by atoms with Gasteiger partial charge >= 0.3 is 0 Å². The summed E-state index contributed by atoms with van der Waals surface area (Å²) >= 11 is 1.13. The zero-order chi connectivity index (χ0) is 24.7. The molecule has 174 valence electrons. The van der Waals surface area contributed by atoms with Crippen LogP contribution in [0.1, 0.15) is 12.5 Å². The number of guanidine groups is 1. The topological polar surface area (TPSA) is 189 Å². The summed E-state index contributed by atoms with van der Waals surface area (Å²) in [6.45, 7) is 2.95. The van der Waals surface area contributed by atoms with Gasteiger partial charge in [-0.3, -0.25) is 20.0 Å². The van der Waals surface area contributed by atoms with E-state index in [-0.39, 0.29) is 10.9 Å². The minimum atomic E-state index is -4.41. The van der Waals surface area contributed by atoms with Crippen LogP contribution < -0.4 is 10.6 Å². The Balaban J connectivity index is 1.61. The van der Waals surface area contributed by atoms with E-state index in [9.17, 15) is 22.9 Å². The third-order valence-electron chi connectivity index (χ3n) is 5.07. The standard InChI is InChI=1S/C20H17N7O5S2/c1-10-3-8-13-14(15(10)34(30,31)32)33-16(23-13)11-4-6-12(7-5-11)26-27-20(2)17(28)24-19(22-9-21)25-18(20)29/h3-8,17,28H,1-2H3,(H,30,31,32)(H2,22,24,25,29). The number of nitrogens with zero attached hydrogens (tertiary/aromatic N) is 5. The number of azo groups is 1. The SMILES string of the molecule is Cc1ccc2nc(-c3ccc(N=NC4(C)C(=O)NC(NC#N)=NC4O)cc3)sc2c1S(=O)(=O)O. The molecular formula is C20H17N7O5S2. The second-order valence-corrected chi connectivity index (χ2v) is 9.85. The van der Waals surface area contributed by atoms with Crippen LogP contribution in [-0.2, 0) is 14.9 Å². The first-order valence-corrected chi connectivity index (χ1v) is 11.9. The van der Waals surface area contributed by atoms with E-state index in [4.69, 9.17) is 5.26 Å². The number of aryl methyl sites for hydroxylation is 1. The summed E-state index contributed by atoms with van der Waals surface area (Å²) in [5.74, 6) is -0.868. The smallest absolute Gasteiger partial charge is 0.296 e. The summed E-state index contributed by atoms with van der Waals surface area (Å²) in [5.41, 5.74) is 0.223. The number of benzene rings is 2. The van der Waals surface area contributed by atoms with Crippen LogP contribution in [0.25, 0.3) is 20.8 Å². The average molecular weight is 500 g/mol. The van der Waals surface area contributed by atoms with Crippen LogP contribution in [0.3, 0.4) is 0 Å². The maximum absolute atomic E-state index is 12.4. The highest BCUT2D eigenvalue weighted by Gasteiger charge is 2.45. The molecule has 4 rings (SSSR count). The summed E-state index contributed by atoms with van der Waals surface area (Å²) in [4.78, 5) is 20.4. The van der Waals surface area contributed by atoms with E-state index in [2.05, 4.69) is 30.8 Å². The van der Waals surface area contributed by atoms with Gasteiger partial charge in [0.15, 0.2) is 12.4 Å². The molecule has 0 radical (unpaired) electrons. The summed E-state index contributed by atoms with van der Waals surface area (Å²) in [6, 6.07) is 9.88. The van der Waals surface area contributed by atoms with Crippen LogP contribution in [0, 0.1) is 18.4 Å². The number of carbonyl (C=O) groups excluding carboxylic acids is 1. The Hall–Kier alpha value is -3.77. The first-order valence-electron chi connectivity index (χ1n) is 9.66. The van der Waals surface area contributed by atoms with Gasteiger partial charge in [-0.05, 0) is 49.7 Å². The van der Waals surface area contributed by atoms with E-state index in [1.54, 1.807) is 49.5 Å². The first kappa shape index (κ1) is 23.4. The van der Waals surface area contributed by atoms with Gasteiger partial charge in [0.25, 0.3) is 16.0 Å². The van der Waals surface area contributed by atoms with Crippen LogP contribution in [0.4, 0.5) is 5.69 Å². The molecule has 2 unspecified atom stereocenters. The van der Waals surface area contributed by atoms with E-state index < -0.39 is 27.8 Å². The average Bonchev–Trinajstić information content (AvgIpc) is 3.19. The van der Waals surface area contributed by atoms with Crippen molar-refractivity contribution >= 4 is 49.2 Å². The predicted molar refractivity (Wildman–Crippen MR) is 123 cm³/mol. The van der Waals surface area contributed by atoms with Crippen molar-refractivity contribution in [2.45, 2.75) is 30.5 Å². The number of rotatable bonds is 4. The molecule has 34 heavy (non-hydrogen) atoms. The summed E-state index contributed by atoms with van der Waals surface area (Å²) in [5, 5.41) is 31.8. The number of amides is 1. The van der Waals surface area contributed by atoms with E-state index in [0.29, 0.717) is 32.0 Å². The molecule has 0 saturated carbocycles. The number of aliphatic hydroxyl groups excluding tert-OH is 1. The number of aliphatic imine (C=N–C) groups is 1. The third-order valence-corrected chi connectivity index (χ3v) is 7.38. The monoisotopic (exact) mass is 499 g/mol. The van der Waals surface area contributed by atoms with Crippen molar-refractivity contribution < 1.29 is 22.9 Å². The molecule has 0 fully saturated rings. The molecule has 0 aliphatic carbocycles. The van der Waals surface area contributed by atoms with Gasteiger partial charge in [-0.1, -0.05) is 6.07 Å². The lowest BCUT2D eigenvalue weighted by atomic mass is 9.99. The Labute approximate surface area is 197 Å². The van der Waals surface area contributed by atoms with Crippen molar-refractivity contribution in [3.8, 4) is 16.8 Å². The highest BCUT2D eigenvalue weighted by Crippen LogP contribution is 2.36. The Bertz CT molecular complexity index is 1510. The minimum Gasteiger partial charge on any atom is -0.369 e. The van der Waals surface area contributed by atoms with Crippen LogP contribution in [0.15, 0.2) is 56.5 Å². The van der Waals surface area contributed by atoms with E-state index in [1.807, 2.05) is 0 Å². The second kappa shape index (κ2) is 8.54. The Morgan fingerprint density at radius 2 is 1.97 bits per heavy atom. The van der Waals surface area contributed by atoms with Gasteiger partial charge in [0.1, 0.15) is 9.90 Å². The molecule has 3 aromatic rings. The van der Waals surface area contributed by atoms with Crippen molar-refractivity contribution in [2.24, 2.45) is 15.2 Å². The number of fused-ring (bicyclic) bond motifs is 1. The lowest BCUT2D eigenvalue weighted by Crippen LogP contribution is -2.59. The number of thiazole rings is 1. The molecule has 0 bridgehead atoms. The fourth-order valence-corrected chi connectivity index (χ4v) is 5.51. The van der Waals surface area contributed by atoms with Crippen molar-refractivity contribution in [3.05, 3.63) is 42.0 Å². The molecule has 4 N–H and O–H groups in total. The van der Waals surface area contributed by atoms with E-state index in [0.717, 1.165) is 11.3 Å². The fraction of sp³-hybridized carbons (Fsp3) is 0.200. The number of aromatic nitrogens is 1. The van der Waals surface area contributed by atoms with Crippen molar-refractivity contribution in [2.75, 3.05) is 0 Å². The zero-order valence-electron chi connectivity index (χ0n) is 17.7. The number of carbonyl (C=O) groups is 1. The number of nitrogens with one attached hydrogen (secondary N) is 2. The van der Waals surface area contributed by atoms with Gasteiger partial charge in [-0.15, -0.1) is 11.3 Å². The second-order valence-electron chi connectivity index (χ2n) is 7.49. The molecule has 1 amide bonds. The Kier molecular flexibility index (Phi) is 5.87. The molecule has 14 heteroatoms. The quantitative estimate of drug-likeness (QED) is 0.182. The molecule has 0 spiro atoms. The first-order chi connectivity index (χ1) is 16.0. The van der Waals surface area contributed by atoms with Crippen LogP contribution in [0.5, 0.6) is 0 Å². The van der Waals surface area contributed by atoms with Gasteiger partial charge in [0, 0.05) is 5.56 Å². The van der Waals surface area contributed by atoms with Gasteiger partial charge in [-0.25, -0.2) is 9.98 Å². The molecule has 2 heterocycles. The molecule has 2 aromatic carbocycles. The summed E-state index contributed by atoms with van der Waals surface area (Å²) in [7, 11) is -4.41. The third kappa shape index (κ3) is 4.24. The van der Waals surface area contributed by atoms with Gasteiger partial charge in [0.05, 0.1) is 15.9 Å². The summed E-state index contributed by atoms with van der Waals surface area (Å²) in [6.07, 6.45) is 0.0443. The predicted octanol–water partition coefficient (Wildman–Crippen LogP) is 2.24. The van der Waals surface area contributed by atoms with E-state index in [1.165, 1.54) is 6.92 Å². The van der Waals surface area contributed by atoms with E-state index >= 15 is 0 Å². The molecule has 0 saturated heterocycles. The van der Waals surface area contributed by atoms with Gasteiger partial charge in [-0.2, -0.15) is 23.9 Å². The molecule has 12 nitrogen and oxygen atoms in total. The van der Waals surface area contributed by atoms with Crippen LogP contribution >= 0.6 is 11.3 Å². The molecule has 2 atom stereocenters. The fourth-order valence-electron chi connectivity index (χ4n) is 3.19. The molecule has 1 aliphatic rings. The minimum absolute atomic E-state index is 0.160. The van der Waals surface area contributed by atoms with Crippen molar-refractivity contribution in [1.29, 1.82) is 5.26 Å². The summed E-state index contributed by atoms with van der Waals surface area (Å²) < 4.78 is 33.6. The van der Waals surface area contributed by atoms with Gasteiger partial charge < -0.3 is 5.11 Å². The molecule has 1 aliphatic heterocycles. The highest BCUT2D eigenvalue weighted by atomic mass is 32.2. The normalized spacial score (nSPS) is 20.7. The number of hydrogen-bond acceptors (Lipinski definition) is 11. The molecule has 1 aromatic heterocycles. The molecular weight excluding hydrogens is 482 g/mol. The number of hydrogen-bond donors (Lipinski definition) is 4.